The minimum Gasteiger partial charge on any atom is -0.462 e. The zero-order valence-electron chi connectivity index (χ0n) is 8.11. The Hall–Kier alpha value is -1.31. The Morgan fingerprint density at radius 3 is 2.71 bits per heavy atom. The Bertz CT molecular complexity index is 305. The third-order valence-corrected chi connectivity index (χ3v) is 2.57. The molecule has 0 bridgehead atoms. The van der Waals surface area contributed by atoms with Crippen LogP contribution in [0.2, 0.25) is 0 Å². The summed E-state index contributed by atoms with van der Waals surface area (Å²) in [6.07, 6.45) is 3.60. The number of benzene rings is 1. The molecule has 0 unspecified atom stereocenters. The van der Waals surface area contributed by atoms with E-state index in [0.717, 1.165) is 19.3 Å². The van der Waals surface area contributed by atoms with Crippen LogP contribution >= 0.6 is 0 Å². The number of carbonyl (C=O) groups excluding carboxylic acids is 1. The van der Waals surface area contributed by atoms with Gasteiger partial charge in [0.25, 0.3) is 0 Å². The Morgan fingerprint density at radius 1 is 1.29 bits per heavy atom. The Labute approximate surface area is 83.9 Å². The first kappa shape index (κ1) is 9.25. The number of esters is 1. The van der Waals surface area contributed by atoms with Crippen molar-refractivity contribution < 1.29 is 9.53 Å². The van der Waals surface area contributed by atoms with E-state index in [1.807, 2.05) is 18.2 Å². The molecular formula is C12H14O2. The van der Waals surface area contributed by atoms with E-state index in [1.54, 1.807) is 0 Å². The molecule has 0 spiro atoms. The second-order valence-corrected chi connectivity index (χ2v) is 3.67. The van der Waals surface area contributed by atoms with Gasteiger partial charge in [-0.25, -0.2) is 0 Å². The lowest BCUT2D eigenvalue weighted by atomic mass is 10.1. The smallest absolute Gasteiger partial charge is 0.306 e. The van der Waals surface area contributed by atoms with Gasteiger partial charge in [-0.05, 0) is 24.8 Å². The van der Waals surface area contributed by atoms with Crippen molar-refractivity contribution in [3.8, 4) is 0 Å². The van der Waals surface area contributed by atoms with Gasteiger partial charge in [0.2, 0.25) is 0 Å². The van der Waals surface area contributed by atoms with Crippen molar-refractivity contribution in [2.24, 2.45) is 0 Å². The average Bonchev–Trinajstić information content (AvgIpc) is 2.63. The molecule has 14 heavy (non-hydrogen) atoms. The van der Waals surface area contributed by atoms with E-state index < -0.39 is 0 Å². The second kappa shape index (κ2) is 4.27. The van der Waals surface area contributed by atoms with Gasteiger partial charge in [-0.2, -0.15) is 0 Å². The minimum absolute atomic E-state index is 0.0388. The molecule has 1 aliphatic rings. The summed E-state index contributed by atoms with van der Waals surface area (Å²) in [5.74, 6) is -0.0388. The summed E-state index contributed by atoms with van der Waals surface area (Å²) < 4.78 is 5.14. The summed E-state index contributed by atoms with van der Waals surface area (Å²) in [5, 5.41) is 0. The normalized spacial score (nSPS) is 20.9. The van der Waals surface area contributed by atoms with Crippen LogP contribution in [0.5, 0.6) is 0 Å². The first-order chi connectivity index (χ1) is 6.84. The lowest BCUT2D eigenvalue weighted by molar-refractivity contribution is -0.141. The molecule has 1 atom stereocenters. The summed E-state index contributed by atoms with van der Waals surface area (Å²) in [6, 6.07) is 10.3. The first-order valence-corrected chi connectivity index (χ1v) is 5.08. The van der Waals surface area contributed by atoms with Gasteiger partial charge in [0, 0.05) is 6.42 Å². The topological polar surface area (TPSA) is 26.3 Å². The van der Waals surface area contributed by atoms with Crippen LogP contribution in [0.25, 0.3) is 0 Å². The van der Waals surface area contributed by atoms with Crippen molar-refractivity contribution in [3.05, 3.63) is 35.9 Å². The zero-order valence-corrected chi connectivity index (χ0v) is 8.11. The largest absolute Gasteiger partial charge is 0.462 e. The molecule has 0 aliphatic carbocycles. The average molecular weight is 190 g/mol. The van der Waals surface area contributed by atoms with Crippen LogP contribution < -0.4 is 0 Å². The van der Waals surface area contributed by atoms with Gasteiger partial charge in [-0.15, -0.1) is 0 Å². The quantitative estimate of drug-likeness (QED) is 0.684. The number of ether oxygens (including phenoxy) is 1. The highest BCUT2D eigenvalue weighted by molar-refractivity contribution is 5.71. The number of rotatable bonds is 3. The summed E-state index contributed by atoms with van der Waals surface area (Å²) in [5.41, 5.74) is 1.32. The van der Waals surface area contributed by atoms with Crippen molar-refractivity contribution in [1.29, 1.82) is 0 Å². The molecule has 1 heterocycles. The highest BCUT2D eigenvalue weighted by atomic mass is 16.5. The molecule has 2 rings (SSSR count). The van der Waals surface area contributed by atoms with Gasteiger partial charge in [0.15, 0.2) is 0 Å². The van der Waals surface area contributed by atoms with Gasteiger partial charge in [0.1, 0.15) is 6.10 Å². The van der Waals surface area contributed by atoms with E-state index in [1.165, 1.54) is 5.56 Å². The Morgan fingerprint density at radius 2 is 2.07 bits per heavy atom. The maximum Gasteiger partial charge on any atom is 0.306 e. The molecular weight excluding hydrogens is 176 g/mol. The van der Waals surface area contributed by atoms with Gasteiger partial charge in [-0.1, -0.05) is 30.3 Å². The van der Waals surface area contributed by atoms with Crippen LogP contribution in [-0.2, 0) is 16.0 Å². The summed E-state index contributed by atoms with van der Waals surface area (Å²) >= 11 is 0. The Kier molecular flexibility index (Phi) is 2.82. The number of carbonyl (C=O) groups is 1. The predicted octanol–water partition coefficient (Wildman–Crippen LogP) is 2.32. The fourth-order valence-electron chi connectivity index (χ4n) is 1.76. The van der Waals surface area contributed by atoms with Gasteiger partial charge in [-0.3, -0.25) is 4.79 Å². The highest BCUT2D eigenvalue weighted by Gasteiger charge is 2.22. The van der Waals surface area contributed by atoms with Crippen molar-refractivity contribution in [2.75, 3.05) is 0 Å². The second-order valence-electron chi connectivity index (χ2n) is 3.67. The highest BCUT2D eigenvalue weighted by Crippen LogP contribution is 2.18. The summed E-state index contributed by atoms with van der Waals surface area (Å²) in [4.78, 5) is 10.8. The third kappa shape index (κ3) is 2.34. The molecule has 2 nitrogen and oxygen atoms in total. The van der Waals surface area contributed by atoms with E-state index in [-0.39, 0.29) is 12.1 Å². The molecule has 0 radical (unpaired) electrons. The molecule has 0 amide bonds. The van der Waals surface area contributed by atoms with Crippen molar-refractivity contribution in [1.82, 2.24) is 0 Å². The summed E-state index contributed by atoms with van der Waals surface area (Å²) in [6.45, 7) is 0. The zero-order chi connectivity index (χ0) is 9.80. The molecule has 74 valence electrons. The first-order valence-electron chi connectivity index (χ1n) is 5.08. The fraction of sp³-hybridized carbons (Fsp3) is 0.417. The predicted molar refractivity (Wildman–Crippen MR) is 53.9 cm³/mol. The van der Waals surface area contributed by atoms with E-state index in [9.17, 15) is 4.79 Å². The minimum atomic E-state index is -0.0388. The molecule has 1 aromatic rings. The SMILES string of the molecule is O=C1CC[C@@H](CCc2ccccc2)O1. The molecule has 2 heteroatoms. The third-order valence-electron chi connectivity index (χ3n) is 2.57. The van der Waals surface area contributed by atoms with Gasteiger partial charge >= 0.3 is 5.97 Å². The van der Waals surface area contributed by atoms with E-state index in [2.05, 4.69) is 12.1 Å². The molecule has 1 fully saturated rings. The maximum absolute atomic E-state index is 10.8. The molecule has 0 N–H and O–H groups in total. The number of cyclic esters (lactones) is 1. The number of hydrogen-bond acceptors (Lipinski definition) is 2. The molecule has 1 aromatic carbocycles. The van der Waals surface area contributed by atoms with Crippen LogP contribution in [-0.4, -0.2) is 12.1 Å². The van der Waals surface area contributed by atoms with Crippen molar-refractivity contribution in [2.45, 2.75) is 31.8 Å². The fourth-order valence-corrected chi connectivity index (χ4v) is 1.76. The van der Waals surface area contributed by atoms with Crippen LogP contribution in [0.4, 0.5) is 0 Å². The molecule has 1 saturated heterocycles. The lowest BCUT2D eigenvalue weighted by Gasteiger charge is -2.08. The maximum atomic E-state index is 10.8. The standard InChI is InChI=1S/C12H14O2/c13-12-9-8-11(14-12)7-6-10-4-2-1-3-5-10/h1-5,11H,6-9H2/t11-/m1/s1. The van der Waals surface area contributed by atoms with Crippen LogP contribution in [0, 0.1) is 0 Å². The van der Waals surface area contributed by atoms with Crippen LogP contribution in [0.3, 0.4) is 0 Å². The molecule has 0 saturated carbocycles. The van der Waals surface area contributed by atoms with E-state index in [4.69, 9.17) is 4.74 Å². The van der Waals surface area contributed by atoms with Gasteiger partial charge in [0.05, 0.1) is 0 Å². The van der Waals surface area contributed by atoms with E-state index >= 15 is 0 Å². The molecule has 1 aliphatic heterocycles. The van der Waals surface area contributed by atoms with Crippen molar-refractivity contribution in [3.63, 3.8) is 0 Å². The molecule has 0 aromatic heterocycles. The van der Waals surface area contributed by atoms with Crippen LogP contribution in [0.15, 0.2) is 30.3 Å². The monoisotopic (exact) mass is 190 g/mol. The van der Waals surface area contributed by atoms with Crippen LogP contribution in [0.1, 0.15) is 24.8 Å². The number of aryl methyl sites for hydroxylation is 1. The van der Waals surface area contributed by atoms with E-state index in [0.29, 0.717) is 6.42 Å². The Balaban J connectivity index is 1.80. The van der Waals surface area contributed by atoms with Crippen molar-refractivity contribution >= 4 is 5.97 Å². The lowest BCUT2D eigenvalue weighted by Crippen LogP contribution is -2.07. The number of hydrogen-bond donors (Lipinski definition) is 0. The van der Waals surface area contributed by atoms with Gasteiger partial charge < -0.3 is 4.74 Å². The summed E-state index contributed by atoms with van der Waals surface area (Å²) in [7, 11) is 0.